The summed E-state index contributed by atoms with van der Waals surface area (Å²) < 4.78 is 0. The maximum atomic E-state index is 10.2. The Balaban J connectivity index is 3.94. The summed E-state index contributed by atoms with van der Waals surface area (Å²) in [5.74, 6) is -1.48. The van der Waals surface area contributed by atoms with Crippen molar-refractivity contribution in [1.29, 1.82) is 0 Å². The predicted octanol–water partition coefficient (Wildman–Crippen LogP) is -0.585. The van der Waals surface area contributed by atoms with Crippen LogP contribution in [0.15, 0.2) is 0 Å². The number of rotatable bonds is 3. The summed E-state index contributed by atoms with van der Waals surface area (Å²) in [5, 5.41) is 17.3. The molecule has 0 fully saturated rings. The van der Waals surface area contributed by atoms with Crippen molar-refractivity contribution >= 4 is 5.97 Å². The molecule has 60 valence electrons. The second-order valence-electron chi connectivity index (χ2n) is 2.46. The van der Waals surface area contributed by atoms with Gasteiger partial charge in [0.05, 0.1) is 6.10 Å². The molecule has 0 rings (SSSR count). The molecule has 0 aromatic rings. The molecule has 0 bridgehead atoms. The van der Waals surface area contributed by atoms with Gasteiger partial charge in [0.2, 0.25) is 0 Å². The average molecular weight is 147 g/mol. The van der Waals surface area contributed by atoms with Crippen LogP contribution in [0.3, 0.4) is 0 Å². The molecule has 4 nitrogen and oxygen atoms in total. The highest BCUT2D eigenvalue weighted by molar-refractivity contribution is 5.73. The smallest absolute Gasteiger partial charge is 0.320 e. The molecule has 0 saturated heterocycles. The fraction of sp³-hybridized carbons (Fsp3) is 0.833. The van der Waals surface area contributed by atoms with Crippen LogP contribution >= 0.6 is 0 Å². The van der Waals surface area contributed by atoms with E-state index in [1.54, 1.807) is 6.92 Å². The van der Waals surface area contributed by atoms with Crippen LogP contribution in [0, 0.1) is 5.92 Å². The van der Waals surface area contributed by atoms with Gasteiger partial charge in [-0.2, -0.15) is 0 Å². The molecule has 0 heterocycles. The number of nitrogens with two attached hydrogens (primary N) is 1. The van der Waals surface area contributed by atoms with Crippen molar-refractivity contribution in [2.75, 3.05) is 0 Å². The van der Waals surface area contributed by atoms with Crippen molar-refractivity contribution < 1.29 is 15.0 Å². The van der Waals surface area contributed by atoms with E-state index in [9.17, 15) is 4.79 Å². The number of carboxylic acid groups (broad SMARTS) is 1. The minimum absolute atomic E-state index is 0.405. The van der Waals surface area contributed by atoms with Crippen molar-refractivity contribution in [2.45, 2.75) is 26.0 Å². The quantitative estimate of drug-likeness (QED) is 0.498. The van der Waals surface area contributed by atoms with Gasteiger partial charge >= 0.3 is 5.97 Å². The van der Waals surface area contributed by atoms with Gasteiger partial charge in [-0.15, -0.1) is 0 Å². The third kappa shape index (κ3) is 2.33. The summed E-state index contributed by atoms with van der Waals surface area (Å²) >= 11 is 0. The molecule has 10 heavy (non-hydrogen) atoms. The highest BCUT2D eigenvalue weighted by Crippen LogP contribution is 2.05. The van der Waals surface area contributed by atoms with Crippen LogP contribution in [0.1, 0.15) is 13.8 Å². The second kappa shape index (κ2) is 3.53. The molecule has 0 radical (unpaired) electrons. The second-order valence-corrected chi connectivity index (χ2v) is 2.46. The zero-order valence-corrected chi connectivity index (χ0v) is 6.11. The van der Waals surface area contributed by atoms with Gasteiger partial charge < -0.3 is 15.9 Å². The topological polar surface area (TPSA) is 83.5 Å². The first-order valence-corrected chi connectivity index (χ1v) is 3.13. The Morgan fingerprint density at radius 1 is 1.50 bits per heavy atom. The van der Waals surface area contributed by atoms with E-state index in [4.69, 9.17) is 15.9 Å². The van der Waals surface area contributed by atoms with E-state index in [0.29, 0.717) is 0 Å². The van der Waals surface area contributed by atoms with Crippen LogP contribution < -0.4 is 5.73 Å². The highest BCUT2D eigenvalue weighted by atomic mass is 16.4. The van der Waals surface area contributed by atoms with Gasteiger partial charge in [-0.25, -0.2) is 0 Å². The third-order valence-corrected chi connectivity index (χ3v) is 1.61. The lowest BCUT2D eigenvalue weighted by atomic mass is 9.98. The van der Waals surface area contributed by atoms with Crippen LogP contribution in [0.25, 0.3) is 0 Å². The first-order valence-electron chi connectivity index (χ1n) is 3.13. The number of carboxylic acids is 1. The minimum atomic E-state index is -1.08. The van der Waals surface area contributed by atoms with Crippen LogP contribution in [0.5, 0.6) is 0 Å². The Morgan fingerprint density at radius 2 is 1.90 bits per heavy atom. The summed E-state index contributed by atoms with van der Waals surface area (Å²) in [4.78, 5) is 10.2. The highest BCUT2D eigenvalue weighted by Gasteiger charge is 2.23. The van der Waals surface area contributed by atoms with E-state index in [1.807, 2.05) is 0 Å². The van der Waals surface area contributed by atoms with E-state index in [0.717, 1.165) is 0 Å². The number of hydrogen-bond acceptors (Lipinski definition) is 3. The van der Waals surface area contributed by atoms with E-state index in [-0.39, 0.29) is 0 Å². The number of hydrogen-bond donors (Lipinski definition) is 3. The number of aliphatic hydroxyl groups excluding tert-OH is 1. The maximum Gasteiger partial charge on any atom is 0.320 e. The van der Waals surface area contributed by atoms with Crippen LogP contribution in [-0.2, 0) is 4.79 Å². The lowest BCUT2D eigenvalue weighted by Gasteiger charge is -2.17. The third-order valence-electron chi connectivity index (χ3n) is 1.61. The largest absolute Gasteiger partial charge is 0.480 e. The first kappa shape index (κ1) is 9.39. The van der Waals surface area contributed by atoms with E-state index < -0.39 is 24.0 Å². The molecule has 0 spiro atoms. The van der Waals surface area contributed by atoms with Crippen molar-refractivity contribution in [3.8, 4) is 0 Å². The summed E-state index contributed by atoms with van der Waals surface area (Å²) in [6, 6.07) is -0.972. The molecule has 0 saturated carbocycles. The van der Waals surface area contributed by atoms with E-state index >= 15 is 0 Å². The number of carbonyl (C=O) groups is 1. The zero-order chi connectivity index (χ0) is 8.31. The Morgan fingerprint density at radius 3 is 2.00 bits per heavy atom. The standard InChI is InChI=1S/C6H13NO3/c1-3(4(2)8)5(7)6(9)10/h3-5,8H,7H2,1-2H3,(H,9,10)/t3-,4?,5-/m0/s1. The summed E-state index contributed by atoms with van der Waals surface area (Å²) in [6.45, 7) is 3.12. The fourth-order valence-electron chi connectivity index (χ4n) is 0.525. The van der Waals surface area contributed by atoms with Crippen molar-refractivity contribution in [1.82, 2.24) is 0 Å². The predicted molar refractivity (Wildman–Crippen MR) is 36.5 cm³/mol. The van der Waals surface area contributed by atoms with Gasteiger partial charge in [-0.05, 0) is 6.92 Å². The van der Waals surface area contributed by atoms with Gasteiger partial charge in [0.1, 0.15) is 6.04 Å². The lowest BCUT2D eigenvalue weighted by Crippen LogP contribution is -2.41. The van der Waals surface area contributed by atoms with Gasteiger partial charge in [0, 0.05) is 5.92 Å². The molecule has 0 aromatic carbocycles. The summed E-state index contributed by atoms with van der Waals surface area (Å²) in [7, 11) is 0. The Hall–Kier alpha value is -0.610. The molecule has 4 N–H and O–H groups in total. The number of aliphatic carboxylic acids is 1. The van der Waals surface area contributed by atoms with Crippen LogP contribution in [0.4, 0.5) is 0 Å². The van der Waals surface area contributed by atoms with Gasteiger partial charge in [0.15, 0.2) is 0 Å². The van der Waals surface area contributed by atoms with Crippen LogP contribution in [0.2, 0.25) is 0 Å². The molecule has 0 aliphatic rings. The van der Waals surface area contributed by atoms with Gasteiger partial charge in [-0.3, -0.25) is 4.79 Å². The van der Waals surface area contributed by atoms with Crippen molar-refractivity contribution in [3.05, 3.63) is 0 Å². The zero-order valence-electron chi connectivity index (χ0n) is 6.11. The van der Waals surface area contributed by atoms with Crippen molar-refractivity contribution in [3.63, 3.8) is 0 Å². The monoisotopic (exact) mass is 147 g/mol. The molecule has 0 aromatic heterocycles. The summed E-state index contributed by atoms with van der Waals surface area (Å²) in [5.41, 5.74) is 5.20. The number of aliphatic hydroxyl groups is 1. The fourth-order valence-corrected chi connectivity index (χ4v) is 0.525. The molecule has 4 heteroatoms. The lowest BCUT2D eigenvalue weighted by molar-refractivity contribution is -0.140. The average Bonchev–Trinajstić information content (AvgIpc) is 1.84. The Bertz CT molecular complexity index is 124. The van der Waals surface area contributed by atoms with E-state index in [2.05, 4.69) is 0 Å². The molecule has 0 aliphatic carbocycles. The molecule has 0 amide bonds. The Labute approximate surface area is 59.7 Å². The molecular formula is C6H13NO3. The minimum Gasteiger partial charge on any atom is -0.480 e. The SMILES string of the molecule is CC(O)[C@H](C)[C@H](N)C(=O)O. The summed E-state index contributed by atoms with van der Waals surface area (Å²) in [6.07, 6.45) is -0.675. The first-order chi connectivity index (χ1) is 4.46. The van der Waals surface area contributed by atoms with Crippen molar-refractivity contribution in [2.24, 2.45) is 11.7 Å². The molecule has 3 atom stereocenters. The molecular weight excluding hydrogens is 134 g/mol. The van der Waals surface area contributed by atoms with Gasteiger partial charge in [-0.1, -0.05) is 6.92 Å². The normalized spacial score (nSPS) is 19.6. The van der Waals surface area contributed by atoms with E-state index in [1.165, 1.54) is 6.92 Å². The molecule has 1 unspecified atom stereocenters. The molecule has 0 aliphatic heterocycles. The van der Waals surface area contributed by atoms with Crippen LogP contribution in [-0.4, -0.2) is 28.3 Å². The van der Waals surface area contributed by atoms with Gasteiger partial charge in [0.25, 0.3) is 0 Å². The Kier molecular flexibility index (Phi) is 3.32. The maximum absolute atomic E-state index is 10.2.